The number of carbonyl (C=O) groups is 1. The molecule has 0 spiro atoms. The monoisotopic (exact) mass is 434 g/mol. The molecule has 172 valence electrons. The summed E-state index contributed by atoms with van der Waals surface area (Å²) in [6, 6.07) is 6.21. The molecule has 4 aliphatic carbocycles. The van der Waals surface area contributed by atoms with E-state index in [9.17, 15) is 9.59 Å². The van der Waals surface area contributed by atoms with Crippen LogP contribution in [0.25, 0.3) is 10.9 Å². The minimum Gasteiger partial charge on any atom is -0.346 e. The zero-order valence-electron chi connectivity index (χ0n) is 20.0. The van der Waals surface area contributed by atoms with Crippen LogP contribution in [0.3, 0.4) is 0 Å². The van der Waals surface area contributed by atoms with Gasteiger partial charge in [0.15, 0.2) is 0 Å². The fourth-order valence-corrected chi connectivity index (χ4v) is 7.22. The predicted octanol–water partition coefficient (Wildman–Crippen LogP) is 6.01. The Morgan fingerprint density at radius 1 is 1.09 bits per heavy atom. The number of nitrogens with zero attached hydrogens (tertiary/aromatic N) is 1. The molecule has 4 saturated carbocycles. The first kappa shape index (κ1) is 21.7. The van der Waals surface area contributed by atoms with Crippen molar-refractivity contribution in [1.82, 2.24) is 9.88 Å². The fourth-order valence-electron chi connectivity index (χ4n) is 7.22. The molecule has 2 aromatic rings. The van der Waals surface area contributed by atoms with E-state index in [0.29, 0.717) is 16.9 Å². The predicted molar refractivity (Wildman–Crippen MR) is 130 cm³/mol. The summed E-state index contributed by atoms with van der Waals surface area (Å²) in [6.07, 6.45) is 12.5. The number of pyridine rings is 1. The number of nitrogens with one attached hydrogen (secondary N) is 1. The second-order valence-electron chi connectivity index (χ2n) is 11.4. The molecule has 0 atom stereocenters. The zero-order chi connectivity index (χ0) is 22.5. The Bertz CT molecular complexity index is 1050. The first-order valence-corrected chi connectivity index (χ1v) is 12.9. The first-order valence-electron chi connectivity index (χ1n) is 12.9. The molecule has 1 aromatic heterocycles. The van der Waals surface area contributed by atoms with E-state index in [4.69, 9.17) is 0 Å². The minimum absolute atomic E-state index is 0.0833. The molecule has 4 heteroatoms. The highest BCUT2D eigenvalue weighted by molar-refractivity contribution is 5.98. The Kier molecular flexibility index (Phi) is 5.67. The highest BCUT2D eigenvalue weighted by Crippen LogP contribution is 2.55. The van der Waals surface area contributed by atoms with Gasteiger partial charge in [0.1, 0.15) is 5.56 Å². The number of rotatable bonds is 7. The summed E-state index contributed by atoms with van der Waals surface area (Å²) in [6.45, 7) is 7.32. The average molecular weight is 435 g/mol. The average Bonchev–Trinajstić information content (AvgIpc) is 2.73. The van der Waals surface area contributed by atoms with Crippen LogP contribution in [0.4, 0.5) is 0 Å². The lowest BCUT2D eigenvalue weighted by atomic mass is 9.53. The number of fused-ring (bicyclic) bond motifs is 1. The summed E-state index contributed by atoms with van der Waals surface area (Å²) in [7, 11) is 0. The summed E-state index contributed by atoms with van der Waals surface area (Å²) < 4.78 is 2.14. The lowest BCUT2D eigenvalue weighted by molar-refractivity contribution is -0.0167. The van der Waals surface area contributed by atoms with Crippen molar-refractivity contribution in [3.8, 4) is 0 Å². The molecule has 1 aromatic carbocycles. The van der Waals surface area contributed by atoms with Gasteiger partial charge >= 0.3 is 0 Å². The van der Waals surface area contributed by atoms with Gasteiger partial charge < -0.3 is 9.88 Å². The SMILES string of the molecule is CCCCCn1cc(C(=O)NC23CC4CC(CC(C4)C2)C3)c(=O)c2cc(C(C)C)ccc21. The number of unbranched alkanes of at least 4 members (excludes halogenated alkanes) is 2. The Morgan fingerprint density at radius 2 is 1.75 bits per heavy atom. The third kappa shape index (κ3) is 3.91. The molecule has 1 N–H and O–H groups in total. The first-order chi connectivity index (χ1) is 15.4. The molecule has 1 heterocycles. The molecule has 0 radical (unpaired) electrons. The molecule has 4 nitrogen and oxygen atoms in total. The molecule has 0 aliphatic heterocycles. The van der Waals surface area contributed by atoms with Crippen LogP contribution >= 0.6 is 0 Å². The number of amides is 1. The van der Waals surface area contributed by atoms with Gasteiger partial charge in [-0.2, -0.15) is 0 Å². The largest absolute Gasteiger partial charge is 0.346 e. The molecule has 32 heavy (non-hydrogen) atoms. The third-order valence-electron chi connectivity index (χ3n) is 8.44. The summed E-state index contributed by atoms with van der Waals surface area (Å²) >= 11 is 0. The van der Waals surface area contributed by atoms with Crippen molar-refractivity contribution >= 4 is 16.8 Å². The van der Waals surface area contributed by atoms with Crippen LogP contribution < -0.4 is 10.7 Å². The summed E-state index contributed by atoms with van der Waals surface area (Å²) in [5.41, 5.74) is 2.22. The number of aromatic nitrogens is 1. The molecule has 4 bridgehead atoms. The maximum atomic E-state index is 13.6. The van der Waals surface area contributed by atoms with E-state index in [0.717, 1.165) is 73.9 Å². The van der Waals surface area contributed by atoms with Crippen LogP contribution in [0.5, 0.6) is 0 Å². The topological polar surface area (TPSA) is 51.1 Å². The molecule has 0 unspecified atom stereocenters. The summed E-state index contributed by atoms with van der Waals surface area (Å²) in [5.74, 6) is 2.47. The molecule has 4 fully saturated rings. The maximum Gasteiger partial charge on any atom is 0.257 e. The lowest BCUT2D eigenvalue weighted by Gasteiger charge is -2.56. The van der Waals surface area contributed by atoms with E-state index >= 15 is 0 Å². The van der Waals surface area contributed by atoms with Crippen LogP contribution in [0.15, 0.2) is 29.2 Å². The van der Waals surface area contributed by atoms with Crippen LogP contribution in [-0.2, 0) is 6.54 Å². The Hall–Kier alpha value is -2.10. The maximum absolute atomic E-state index is 13.6. The molecule has 0 saturated heterocycles. The molecule has 6 rings (SSSR count). The highest BCUT2D eigenvalue weighted by Gasteiger charge is 2.51. The number of benzene rings is 1. The standard InChI is InChI=1S/C28H38N2O2/c1-4-5-6-9-30-17-24(26(31)23-13-22(18(2)3)7-8-25(23)30)27(32)29-28-14-19-10-20(15-28)12-21(11-19)16-28/h7-8,13,17-21H,4-6,9-12,14-16H2,1-3H3,(H,29,32). The number of hydrogen-bond acceptors (Lipinski definition) is 2. The van der Waals surface area contributed by atoms with Gasteiger partial charge in [0.2, 0.25) is 5.43 Å². The van der Waals surface area contributed by atoms with Crippen LogP contribution in [0.2, 0.25) is 0 Å². The molecule has 4 aliphatic rings. The number of carbonyl (C=O) groups excluding carboxylic acids is 1. The van der Waals surface area contributed by atoms with Crippen molar-refractivity contribution in [3.63, 3.8) is 0 Å². The van der Waals surface area contributed by atoms with Gasteiger partial charge in [0.25, 0.3) is 5.91 Å². The van der Waals surface area contributed by atoms with Gasteiger partial charge in [-0.1, -0.05) is 39.7 Å². The van der Waals surface area contributed by atoms with Gasteiger partial charge in [0, 0.05) is 23.7 Å². The van der Waals surface area contributed by atoms with Crippen molar-refractivity contribution in [2.45, 2.75) is 96.6 Å². The third-order valence-corrected chi connectivity index (χ3v) is 8.44. The summed E-state index contributed by atoms with van der Waals surface area (Å²) in [4.78, 5) is 27.1. The Labute approximate surface area is 191 Å². The van der Waals surface area contributed by atoms with Gasteiger partial charge in [-0.3, -0.25) is 9.59 Å². The van der Waals surface area contributed by atoms with E-state index in [1.54, 1.807) is 0 Å². The van der Waals surface area contributed by atoms with Crippen molar-refractivity contribution in [1.29, 1.82) is 0 Å². The molecular weight excluding hydrogens is 396 g/mol. The number of hydrogen-bond donors (Lipinski definition) is 1. The molecule has 1 amide bonds. The van der Waals surface area contributed by atoms with E-state index in [-0.39, 0.29) is 16.9 Å². The van der Waals surface area contributed by atoms with E-state index in [1.165, 1.54) is 19.3 Å². The van der Waals surface area contributed by atoms with Gasteiger partial charge in [-0.05, 0) is 86.3 Å². The van der Waals surface area contributed by atoms with Gasteiger partial charge in [0.05, 0.1) is 5.52 Å². The van der Waals surface area contributed by atoms with Crippen molar-refractivity contribution in [2.24, 2.45) is 17.8 Å². The van der Waals surface area contributed by atoms with Crippen molar-refractivity contribution < 1.29 is 4.79 Å². The Balaban J connectivity index is 1.51. The minimum atomic E-state index is -0.155. The normalized spacial score (nSPS) is 28.6. The quantitative estimate of drug-likeness (QED) is 0.542. The second kappa shape index (κ2) is 8.35. The van der Waals surface area contributed by atoms with Crippen LogP contribution in [0, 0.1) is 17.8 Å². The number of aryl methyl sites for hydroxylation is 1. The highest BCUT2D eigenvalue weighted by atomic mass is 16.2. The van der Waals surface area contributed by atoms with E-state index in [1.807, 2.05) is 12.3 Å². The lowest BCUT2D eigenvalue weighted by Crippen LogP contribution is -2.60. The van der Waals surface area contributed by atoms with E-state index in [2.05, 4.69) is 42.8 Å². The van der Waals surface area contributed by atoms with E-state index < -0.39 is 0 Å². The second-order valence-corrected chi connectivity index (χ2v) is 11.4. The Morgan fingerprint density at radius 3 is 2.34 bits per heavy atom. The van der Waals surface area contributed by atoms with Crippen molar-refractivity contribution in [3.05, 3.63) is 45.7 Å². The van der Waals surface area contributed by atoms with Crippen molar-refractivity contribution in [2.75, 3.05) is 0 Å². The smallest absolute Gasteiger partial charge is 0.257 e. The van der Waals surface area contributed by atoms with Gasteiger partial charge in [-0.25, -0.2) is 0 Å². The zero-order valence-corrected chi connectivity index (χ0v) is 20.0. The molecular formula is C28H38N2O2. The van der Waals surface area contributed by atoms with Crippen LogP contribution in [0.1, 0.15) is 100 Å². The summed E-state index contributed by atoms with van der Waals surface area (Å²) in [5, 5.41) is 4.11. The fraction of sp³-hybridized carbons (Fsp3) is 0.643. The van der Waals surface area contributed by atoms with Gasteiger partial charge in [-0.15, -0.1) is 0 Å². The van der Waals surface area contributed by atoms with Crippen LogP contribution in [-0.4, -0.2) is 16.0 Å².